The fourth-order valence-electron chi connectivity index (χ4n) is 1.30. The van der Waals surface area contributed by atoms with Gasteiger partial charge in [0.1, 0.15) is 11.9 Å². The summed E-state index contributed by atoms with van der Waals surface area (Å²) >= 11 is 3.21. The van der Waals surface area contributed by atoms with Crippen molar-refractivity contribution < 1.29 is 18.7 Å². The minimum absolute atomic E-state index is 0.273. The van der Waals surface area contributed by atoms with Crippen LogP contribution in [0.3, 0.4) is 0 Å². The van der Waals surface area contributed by atoms with Crippen LogP contribution in [0.4, 0.5) is 4.39 Å². The van der Waals surface area contributed by atoms with E-state index in [4.69, 9.17) is 0 Å². The molecule has 0 radical (unpaired) electrons. The zero-order chi connectivity index (χ0) is 14.4. The minimum Gasteiger partial charge on any atom is -0.467 e. The largest absolute Gasteiger partial charge is 0.467 e. The summed E-state index contributed by atoms with van der Waals surface area (Å²) in [5, 5.41) is 2.40. The lowest BCUT2D eigenvalue weighted by Gasteiger charge is -2.09. The van der Waals surface area contributed by atoms with Gasteiger partial charge in [-0.2, -0.15) is 0 Å². The number of carbonyl (C=O) groups is 2. The fourth-order valence-corrected chi connectivity index (χ4v) is 1.68. The molecule has 0 aliphatic heterocycles. The Morgan fingerprint density at radius 3 is 2.79 bits per heavy atom. The summed E-state index contributed by atoms with van der Waals surface area (Å²) in [5.41, 5.74) is 0.273. The predicted octanol–water partition coefficient (Wildman–Crippen LogP) is 2.28. The van der Waals surface area contributed by atoms with Gasteiger partial charge in [-0.15, -0.1) is 0 Å². The Labute approximate surface area is 118 Å². The quantitative estimate of drug-likeness (QED) is 0.681. The van der Waals surface area contributed by atoms with Crippen LogP contribution in [0, 0.1) is 5.82 Å². The molecule has 1 aromatic carbocycles. The number of benzene rings is 1. The maximum absolute atomic E-state index is 13.4. The molecule has 1 aromatic rings. The van der Waals surface area contributed by atoms with Gasteiger partial charge >= 0.3 is 5.97 Å². The second-order valence-electron chi connectivity index (χ2n) is 3.75. The molecule has 1 rings (SSSR count). The zero-order valence-corrected chi connectivity index (χ0v) is 12.0. The van der Waals surface area contributed by atoms with E-state index in [9.17, 15) is 14.0 Å². The van der Waals surface area contributed by atoms with Gasteiger partial charge in [0.15, 0.2) is 0 Å². The number of amides is 1. The number of hydrogen-bond donors (Lipinski definition) is 1. The van der Waals surface area contributed by atoms with Crippen LogP contribution < -0.4 is 5.32 Å². The first-order valence-corrected chi connectivity index (χ1v) is 6.25. The molecule has 1 amide bonds. The topological polar surface area (TPSA) is 55.4 Å². The first kappa shape index (κ1) is 15.4. The average molecular weight is 330 g/mol. The van der Waals surface area contributed by atoms with Gasteiger partial charge in [-0.3, -0.25) is 4.79 Å². The highest BCUT2D eigenvalue weighted by Crippen LogP contribution is 2.16. The average Bonchev–Trinajstić information content (AvgIpc) is 2.38. The Morgan fingerprint density at radius 1 is 1.47 bits per heavy atom. The van der Waals surface area contributed by atoms with Gasteiger partial charge in [-0.1, -0.05) is 15.9 Å². The van der Waals surface area contributed by atoms with Crippen LogP contribution in [0.25, 0.3) is 6.08 Å². The number of hydrogen-bond acceptors (Lipinski definition) is 3. The molecule has 0 heterocycles. The van der Waals surface area contributed by atoms with E-state index in [1.807, 2.05) is 0 Å². The molecule has 0 aliphatic carbocycles. The Balaban J connectivity index is 2.68. The van der Waals surface area contributed by atoms with E-state index in [0.717, 1.165) is 6.08 Å². The van der Waals surface area contributed by atoms with Crippen molar-refractivity contribution in [2.75, 3.05) is 7.11 Å². The third-order valence-corrected chi connectivity index (χ3v) is 2.78. The Hall–Kier alpha value is -1.69. The third kappa shape index (κ3) is 4.82. The first-order valence-electron chi connectivity index (χ1n) is 5.45. The van der Waals surface area contributed by atoms with Crippen LogP contribution in [0.5, 0.6) is 0 Å². The Bertz CT molecular complexity index is 517. The van der Waals surface area contributed by atoms with Gasteiger partial charge in [-0.25, -0.2) is 9.18 Å². The van der Waals surface area contributed by atoms with Crippen molar-refractivity contribution in [3.8, 4) is 0 Å². The molecular formula is C13H13BrFNO3. The number of halogens is 2. The van der Waals surface area contributed by atoms with Crippen LogP contribution in [-0.2, 0) is 14.3 Å². The highest BCUT2D eigenvalue weighted by Gasteiger charge is 2.13. The summed E-state index contributed by atoms with van der Waals surface area (Å²) in [6.07, 6.45) is 2.49. The second-order valence-corrected chi connectivity index (χ2v) is 4.67. The number of esters is 1. The molecule has 0 aliphatic rings. The lowest BCUT2D eigenvalue weighted by atomic mass is 10.2. The molecule has 19 heavy (non-hydrogen) atoms. The Morgan fingerprint density at radius 2 is 2.16 bits per heavy atom. The summed E-state index contributed by atoms with van der Waals surface area (Å²) in [7, 11) is 1.23. The van der Waals surface area contributed by atoms with Crippen LogP contribution in [0.15, 0.2) is 28.7 Å². The third-order valence-electron chi connectivity index (χ3n) is 2.29. The van der Waals surface area contributed by atoms with Gasteiger partial charge in [0, 0.05) is 16.1 Å². The summed E-state index contributed by atoms with van der Waals surface area (Å²) in [6, 6.07) is 3.64. The smallest absolute Gasteiger partial charge is 0.328 e. The van der Waals surface area contributed by atoms with Crippen molar-refractivity contribution in [1.82, 2.24) is 5.32 Å². The SMILES string of the molecule is COC(=O)[C@H](C)NC(=O)/C=C/c1cc(Br)ccc1F. The molecule has 1 atom stereocenters. The highest BCUT2D eigenvalue weighted by atomic mass is 79.9. The van der Waals surface area contributed by atoms with Crippen molar-refractivity contribution in [3.05, 3.63) is 40.1 Å². The zero-order valence-electron chi connectivity index (χ0n) is 10.4. The molecule has 0 spiro atoms. The van der Waals surface area contributed by atoms with Crippen molar-refractivity contribution in [2.45, 2.75) is 13.0 Å². The van der Waals surface area contributed by atoms with Crippen molar-refractivity contribution >= 4 is 33.9 Å². The maximum atomic E-state index is 13.4. The molecular weight excluding hydrogens is 317 g/mol. The normalized spacial score (nSPS) is 12.2. The van der Waals surface area contributed by atoms with Gasteiger partial charge in [0.2, 0.25) is 5.91 Å². The number of rotatable bonds is 4. The highest BCUT2D eigenvalue weighted by molar-refractivity contribution is 9.10. The van der Waals surface area contributed by atoms with E-state index >= 15 is 0 Å². The molecule has 4 nitrogen and oxygen atoms in total. The summed E-state index contributed by atoms with van der Waals surface area (Å²) in [5.74, 6) is -1.49. The van der Waals surface area contributed by atoms with Crippen LogP contribution in [-0.4, -0.2) is 25.0 Å². The minimum atomic E-state index is -0.755. The predicted molar refractivity (Wildman–Crippen MR) is 72.8 cm³/mol. The summed E-state index contributed by atoms with van der Waals surface area (Å²) < 4.78 is 18.6. The molecule has 0 saturated carbocycles. The lowest BCUT2D eigenvalue weighted by molar-refractivity contribution is -0.144. The Kier molecular flexibility index (Phi) is 5.69. The molecule has 102 valence electrons. The second kappa shape index (κ2) is 7.04. The number of ether oxygens (including phenoxy) is 1. The van der Waals surface area contributed by atoms with Gasteiger partial charge < -0.3 is 10.1 Å². The number of carbonyl (C=O) groups excluding carboxylic acids is 2. The van der Waals surface area contributed by atoms with Crippen LogP contribution in [0.1, 0.15) is 12.5 Å². The standard InChI is InChI=1S/C13H13BrFNO3/c1-8(13(18)19-2)16-12(17)6-3-9-7-10(14)4-5-11(9)15/h3-8H,1-2H3,(H,16,17)/b6-3+/t8-/m0/s1. The first-order chi connectivity index (χ1) is 8.93. The molecule has 0 bridgehead atoms. The van der Waals surface area contributed by atoms with Crippen LogP contribution >= 0.6 is 15.9 Å². The van der Waals surface area contributed by atoms with Crippen LogP contribution in [0.2, 0.25) is 0 Å². The van der Waals surface area contributed by atoms with Gasteiger partial charge in [0.05, 0.1) is 7.11 Å². The van der Waals surface area contributed by atoms with Crippen molar-refractivity contribution in [1.29, 1.82) is 0 Å². The molecule has 0 aromatic heterocycles. The number of methoxy groups -OCH3 is 1. The van der Waals surface area contributed by atoms with Gasteiger partial charge in [0.25, 0.3) is 0 Å². The fraction of sp³-hybridized carbons (Fsp3) is 0.231. The molecule has 0 fully saturated rings. The van der Waals surface area contributed by atoms with E-state index in [1.54, 1.807) is 12.1 Å². The van der Waals surface area contributed by atoms with E-state index in [-0.39, 0.29) is 5.56 Å². The van der Waals surface area contributed by atoms with E-state index in [2.05, 4.69) is 26.0 Å². The monoisotopic (exact) mass is 329 g/mol. The van der Waals surface area contributed by atoms with E-state index in [0.29, 0.717) is 4.47 Å². The van der Waals surface area contributed by atoms with Crippen molar-refractivity contribution in [3.63, 3.8) is 0 Å². The number of nitrogens with one attached hydrogen (secondary N) is 1. The summed E-state index contributed by atoms with van der Waals surface area (Å²) in [4.78, 5) is 22.6. The summed E-state index contributed by atoms with van der Waals surface area (Å²) in [6.45, 7) is 1.50. The molecule has 1 N–H and O–H groups in total. The maximum Gasteiger partial charge on any atom is 0.328 e. The molecule has 0 unspecified atom stereocenters. The van der Waals surface area contributed by atoms with Crippen molar-refractivity contribution in [2.24, 2.45) is 0 Å². The lowest BCUT2D eigenvalue weighted by Crippen LogP contribution is -2.38. The molecule has 0 saturated heterocycles. The molecule has 6 heteroatoms. The van der Waals surface area contributed by atoms with E-state index < -0.39 is 23.7 Å². The van der Waals surface area contributed by atoms with E-state index in [1.165, 1.54) is 26.2 Å². The van der Waals surface area contributed by atoms with Gasteiger partial charge in [-0.05, 0) is 31.2 Å².